The lowest BCUT2D eigenvalue weighted by atomic mass is 10.1. The number of nitrogens with one attached hydrogen (secondary N) is 2. The minimum atomic E-state index is -1.01. The molecule has 0 radical (unpaired) electrons. The number of nitriles is 1. The molecule has 0 bridgehead atoms. The molecule has 4 rings (SSSR count). The quantitative estimate of drug-likeness (QED) is 0.347. The van der Waals surface area contributed by atoms with Gasteiger partial charge in [0.25, 0.3) is 0 Å². The van der Waals surface area contributed by atoms with Gasteiger partial charge in [-0.05, 0) is 17.2 Å². The van der Waals surface area contributed by atoms with Crippen molar-refractivity contribution in [1.82, 2.24) is 10.3 Å². The Kier molecular flexibility index (Phi) is 7.55. The summed E-state index contributed by atoms with van der Waals surface area (Å²) in [5, 5.41) is 15.9. The highest BCUT2D eigenvalue weighted by atomic mass is 32.1. The molecule has 1 amide bonds. The highest BCUT2D eigenvalue weighted by molar-refractivity contribution is 7.22. The number of aromatic nitrogens is 1. The van der Waals surface area contributed by atoms with E-state index in [4.69, 9.17) is 9.47 Å². The number of esters is 1. The van der Waals surface area contributed by atoms with Crippen LogP contribution in [0, 0.1) is 11.3 Å². The van der Waals surface area contributed by atoms with Gasteiger partial charge in [-0.25, -0.2) is 14.6 Å². The van der Waals surface area contributed by atoms with E-state index < -0.39 is 18.1 Å². The third-order valence-corrected chi connectivity index (χ3v) is 6.41. The van der Waals surface area contributed by atoms with E-state index in [0.29, 0.717) is 11.4 Å². The van der Waals surface area contributed by atoms with Crippen LogP contribution < -0.4 is 10.6 Å². The van der Waals surface area contributed by atoms with Gasteiger partial charge >= 0.3 is 12.1 Å². The third-order valence-electron chi connectivity index (χ3n) is 5.20. The number of carbonyl (C=O) groups excluding carboxylic acids is 2. The summed E-state index contributed by atoms with van der Waals surface area (Å²) in [5.74, 6) is -0.139. The Morgan fingerprint density at radius 3 is 2.51 bits per heavy atom. The number of amides is 1. The summed E-state index contributed by atoms with van der Waals surface area (Å²) >= 11 is 1.49. The van der Waals surface area contributed by atoms with Crippen molar-refractivity contribution in [1.29, 1.82) is 5.26 Å². The number of alkyl carbamates (subject to hydrolysis) is 1. The molecule has 0 aliphatic heterocycles. The predicted octanol–water partition coefficient (Wildman–Crippen LogP) is 4.71. The second-order valence-electron chi connectivity index (χ2n) is 7.51. The van der Waals surface area contributed by atoms with Crippen LogP contribution in [0.4, 0.5) is 10.6 Å². The van der Waals surface area contributed by atoms with Gasteiger partial charge < -0.3 is 20.1 Å². The number of anilines is 1. The Balaban J connectivity index is 1.50. The molecule has 8 nitrogen and oxygen atoms in total. The van der Waals surface area contributed by atoms with Gasteiger partial charge in [0, 0.05) is 23.0 Å². The molecule has 4 aromatic rings. The molecule has 2 aromatic carbocycles. The van der Waals surface area contributed by atoms with Gasteiger partial charge in [-0.1, -0.05) is 60.7 Å². The topological polar surface area (TPSA) is 113 Å². The Hall–Kier alpha value is -4.42. The van der Waals surface area contributed by atoms with Crippen LogP contribution >= 0.6 is 11.3 Å². The molecule has 0 aliphatic rings. The van der Waals surface area contributed by atoms with Gasteiger partial charge in [0.1, 0.15) is 24.5 Å². The Bertz CT molecular complexity index is 1370. The van der Waals surface area contributed by atoms with Crippen LogP contribution in [0.1, 0.15) is 11.1 Å². The molecule has 0 fully saturated rings. The fourth-order valence-electron chi connectivity index (χ4n) is 3.43. The van der Waals surface area contributed by atoms with Crippen LogP contribution in [0.25, 0.3) is 20.5 Å². The summed E-state index contributed by atoms with van der Waals surface area (Å²) in [6, 6.07) is 22.2. The smallest absolute Gasteiger partial charge is 0.408 e. The van der Waals surface area contributed by atoms with Crippen molar-refractivity contribution >= 4 is 39.3 Å². The summed E-state index contributed by atoms with van der Waals surface area (Å²) in [4.78, 5) is 30.0. The van der Waals surface area contributed by atoms with Crippen LogP contribution in [-0.4, -0.2) is 36.7 Å². The minimum absolute atomic E-state index is 0.0115. The van der Waals surface area contributed by atoms with Crippen LogP contribution in [0.3, 0.4) is 0 Å². The van der Waals surface area contributed by atoms with E-state index in [1.54, 1.807) is 0 Å². The number of fused-ring (bicyclic) bond motifs is 1. The zero-order valence-electron chi connectivity index (χ0n) is 18.9. The molecule has 176 valence electrons. The first-order valence-electron chi connectivity index (χ1n) is 10.8. The lowest BCUT2D eigenvalue weighted by Crippen LogP contribution is -2.46. The van der Waals surface area contributed by atoms with E-state index in [0.717, 1.165) is 26.1 Å². The summed E-state index contributed by atoms with van der Waals surface area (Å²) < 4.78 is 10.8. The summed E-state index contributed by atoms with van der Waals surface area (Å²) in [6.45, 7) is 0.0839. The number of rotatable bonds is 8. The number of thiophene rings is 1. The van der Waals surface area contributed by atoms with Crippen LogP contribution in [0.15, 0.2) is 72.9 Å². The number of benzene rings is 2. The van der Waals surface area contributed by atoms with E-state index >= 15 is 0 Å². The number of carbonyl (C=O) groups is 2. The van der Waals surface area contributed by atoms with Gasteiger partial charge in [0.2, 0.25) is 0 Å². The average molecular weight is 487 g/mol. The molecule has 2 aromatic heterocycles. The first kappa shape index (κ1) is 23.7. The van der Waals surface area contributed by atoms with Crippen molar-refractivity contribution in [3.8, 4) is 16.5 Å². The number of hydrogen-bond acceptors (Lipinski definition) is 8. The molecule has 0 unspecified atom stereocenters. The van der Waals surface area contributed by atoms with E-state index in [2.05, 4.69) is 21.7 Å². The average Bonchev–Trinajstić information content (AvgIpc) is 3.36. The number of pyridine rings is 1. The van der Waals surface area contributed by atoms with E-state index in [-0.39, 0.29) is 13.2 Å². The Morgan fingerprint density at radius 2 is 1.83 bits per heavy atom. The number of hydrogen-bond donors (Lipinski definition) is 2. The highest BCUT2D eigenvalue weighted by Crippen LogP contribution is 2.37. The summed E-state index contributed by atoms with van der Waals surface area (Å²) in [5.41, 5.74) is 2.31. The Labute approximate surface area is 206 Å². The van der Waals surface area contributed by atoms with Crippen molar-refractivity contribution in [2.24, 2.45) is 0 Å². The SMILES string of the molecule is COC(=O)[C@H](CNc1ncc(C#N)c2sc(-c3ccccc3)cc12)NC(=O)OCc1ccccc1. The van der Waals surface area contributed by atoms with Crippen molar-refractivity contribution in [2.45, 2.75) is 12.6 Å². The largest absolute Gasteiger partial charge is 0.467 e. The lowest BCUT2D eigenvalue weighted by molar-refractivity contribution is -0.142. The van der Waals surface area contributed by atoms with E-state index in [9.17, 15) is 14.9 Å². The zero-order valence-corrected chi connectivity index (χ0v) is 19.7. The monoisotopic (exact) mass is 486 g/mol. The van der Waals surface area contributed by atoms with Crippen molar-refractivity contribution in [2.75, 3.05) is 19.0 Å². The van der Waals surface area contributed by atoms with Gasteiger partial charge in [-0.3, -0.25) is 0 Å². The van der Waals surface area contributed by atoms with Crippen molar-refractivity contribution < 1.29 is 19.1 Å². The highest BCUT2D eigenvalue weighted by Gasteiger charge is 2.23. The molecule has 1 atom stereocenters. The van der Waals surface area contributed by atoms with Crippen molar-refractivity contribution in [3.05, 3.63) is 84.1 Å². The number of nitrogens with zero attached hydrogens (tertiary/aromatic N) is 2. The molecule has 0 saturated heterocycles. The van der Waals surface area contributed by atoms with Gasteiger partial charge in [0.05, 0.1) is 17.4 Å². The standard InChI is InChI=1S/C26H22N4O4S/c1-33-25(31)21(30-26(32)34-16-17-8-4-2-5-9-17)15-29-24-20-12-22(18-10-6-3-7-11-18)35-23(20)19(13-27)14-28-24/h2-12,14,21H,15-16H2,1H3,(H,28,29)(H,30,32)/t21-/m0/s1. The first-order valence-corrected chi connectivity index (χ1v) is 11.6. The van der Waals surface area contributed by atoms with Gasteiger partial charge in [-0.15, -0.1) is 11.3 Å². The van der Waals surface area contributed by atoms with Crippen LogP contribution in [0.2, 0.25) is 0 Å². The third kappa shape index (κ3) is 5.75. The second kappa shape index (κ2) is 11.1. The fourth-order valence-corrected chi connectivity index (χ4v) is 4.56. The molecule has 0 spiro atoms. The van der Waals surface area contributed by atoms with Crippen molar-refractivity contribution in [3.63, 3.8) is 0 Å². The van der Waals surface area contributed by atoms with Crippen LogP contribution in [0.5, 0.6) is 0 Å². The summed E-state index contributed by atoms with van der Waals surface area (Å²) in [7, 11) is 1.25. The molecular weight excluding hydrogens is 464 g/mol. The maximum Gasteiger partial charge on any atom is 0.408 e. The molecule has 35 heavy (non-hydrogen) atoms. The lowest BCUT2D eigenvalue weighted by Gasteiger charge is -2.17. The molecule has 2 heterocycles. The molecule has 0 saturated carbocycles. The maximum atomic E-state index is 12.3. The number of ether oxygens (including phenoxy) is 2. The maximum absolute atomic E-state index is 12.3. The zero-order chi connectivity index (χ0) is 24.6. The molecule has 2 N–H and O–H groups in total. The van der Waals surface area contributed by atoms with Gasteiger partial charge in [0.15, 0.2) is 0 Å². The minimum Gasteiger partial charge on any atom is -0.467 e. The normalized spacial score (nSPS) is 11.3. The predicted molar refractivity (Wildman–Crippen MR) is 134 cm³/mol. The first-order chi connectivity index (χ1) is 17.1. The summed E-state index contributed by atoms with van der Waals surface area (Å²) in [6.07, 6.45) is 0.746. The Morgan fingerprint density at radius 1 is 1.11 bits per heavy atom. The van der Waals surface area contributed by atoms with Gasteiger partial charge in [-0.2, -0.15) is 5.26 Å². The fraction of sp³-hybridized carbons (Fsp3) is 0.154. The number of methoxy groups -OCH3 is 1. The molecular formula is C26H22N4O4S. The van der Waals surface area contributed by atoms with E-state index in [1.165, 1.54) is 24.6 Å². The van der Waals surface area contributed by atoms with Crippen LogP contribution in [-0.2, 0) is 20.9 Å². The molecule has 9 heteroatoms. The molecule has 0 aliphatic carbocycles. The second-order valence-corrected chi connectivity index (χ2v) is 8.57. The van der Waals surface area contributed by atoms with E-state index in [1.807, 2.05) is 66.7 Å².